The van der Waals surface area contributed by atoms with E-state index in [1.165, 1.54) is 61.5 Å². The zero-order chi connectivity index (χ0) is 23.5. The molecule has 0 radical (unpaired) electrons. The van der Waals surface area contributed by atoms with E-state index in [-0.39, 0.29) is 16.3 Å². The van der Waals surface area contributed by atoms with E-state index in [9.17, 15) is 22.4 Å². The molecule has 3 aromatic rings. The van der Waals surface area contributed by atoms with Crippen LogP contribution >= 0.6 is 0 Å². The fourth-order valence-corrected chi connectivity index (χ4v) is 3.95. The maximum Gasteiger partial charge on any atom is 0.357 e. The van der Waals surface area contributed by atoms with Crippen LogP contribution in [0.15, 0.2) is 59.9 Å². The molecule has 1 heterocycles. The summed E-state index contributed by atoms with van der Waals surface area (Å²) in [4.78, 5) is 28.6. The molecule has 0 saturated heterocycles. The third-order valence-electron chi connectivity index (χ3n) is 4.52. The predicted molar refractivity (Wildman–Crippen MR) is 114 cm³/mol. The number of sulfonamides is 1. The van der Waals surface area contributed by atoms with E-state index in [1.54, 1.807) is 19.1 Å². The molecule has 0 spiro atoms. The van der Waals surface area contributed by atoms with E-state index in [4.69, 9.17) is 4.74 Å². The summed E-state index contributed by atoms with van der Waals surface area (Å²) in [5, 5.41) is 2.51. The summed E-state index contributed by atoms with van der Waals surface area (Å²) in [6.45, 7) is 1.05. The second-order valence-corrected chi connectivity index (χ2v) is 9.14. The minimum Gasteiger partial charge on any atom is -0.451 e. The van der Waals surface area contributed by atoms with Crippen LogP contribution < -0.4 is 5.32 Å². The fourth-order valence-electron chi connectivity index (χ4n) is 2.81. The first-order valence-corrected chi connectivity index (χ1v) is 10.8. The fraction of sp³-hybridized carbons (Fsp3) is 0.190. The molecule has 1 N–H and O–H groups in total. The van der Waals surface area contributed by atoms with Crippen molar-refractivity contribution in [3.63, 3.8) is 0 Å². The molecular weight excluding hydrogens is 439 g/mol. The molecule has 1 aromatic heterocycles. The number of hydrogen-bond acceptors (Lipinski definition) is 6. The Morgan fingerprint density at radius 3 is 2.50 bits per heavy atom. The normalized spacial score (nSPS) is 11.4. The van der Waals surface area contributed by atoms with Gasteiger partial charge in [-0.25, -0.2) is 26.9 Å². The molecule has 0 saturated carbocycles. The van der Waals surface area contributed by atoms with Crippen molar-refractivity contribution in [2.75, 3.05) is 26.0 Å². The molecule has 0 aliphatic rings. The number of halogens is 1. The molecule has 0 aliphatic carbocycles. The number of aromatic nitrogens is 2. The molecule has 0 unspecified atom stereocenters. The number of carbonyl (C=O) groups excluding carboxylic acids is 2. The lowest BCUT2D eigenvalue weighted by Crippen LogP contribution is -2.24. The van der Waals surface area contributed by atoms with Gasteiger partial charge in [0, 0.05) is 25.5 Å². The van der Waals surface area contributed by atoms with Gasteiger partial charge in [-0.2, -0.15) is 0 Å². The minimum atomic E-state index is -3.69. The summed E-state index contributed by atoms with van der Waals surface area (Å²) in [5.41, 5.74) is 1.32. The highest BCUT2D eigenvalue weighted by molar-refractivity contribution is 7.89. The molecule has 2 aromatic carbocycles. The molecule has 3 rings (SSSR count). The first kappa shape index (κ1) is 23.1. The van der Waals surface area contributed by atoms with E-state index in [0.717, 1.165) is 4.31 Å². The third-order valence-corrected chi connectivity index (χ3v) is 6.47. The number of hydrogen-bond donors (Lipinski definition) is 1. The van der Waals surface area contributed by atoms with Gasteiger partial charge in [0.05, 0.1) is 17.4 Å². The molecule has 0 fully saturated rings. The summed E-state index contributed by atoms with van der Waals surface area (Å²) in [5.74, 6) is -1.88. The van der Waals surface area contributed by atoms with Crippen molar-refractivity contribution >= 4 is 27.6 Å². The van der Waals surface area contributed by atoms with E-state index in [1.807, 2.05) is 0 Å². The zero-order valence-corrected chi connectivity index (χ0v) is 18.4. The van der Waals surface area contributed by atoms with Crippen LogP contribution in [0.1, 0.15) is 16.1 Å². The second-order valence-electron chi connectivity index (χ2n) is 7.02. The topological polar surface area (TPSA) is 111 Å². The van der Waals surface area contributed by atoms with Gasteiger partial charge >= 0.3 is 5.97 Å². The summed E-state index contributed by atoms with van der Waals surface area (Å²) in [6.07, 6.45) is 2.63. The highest BCUT2D eigenvalue weighted by Crippen LogP contribution is 2.22. The van der Waals surface area contributed by atoms with Gasteiger partial charge in [0.25, 0.3) is 5.91 Å². The Morgan fingerprint density at radius 1 is 1.16 bits per heavy atom. The van der Waals surface area contributed by atoms with Gasteiger partial charge in [-0.15, -0.1) is 0 Å². The van der Waals surface area contributed by atoms with E-state index in [2.05, 4.69) is 10.3 Å². The number of benzene rings is 2. The van der Waals surface area contributed by atoms with Gasteiger partial charge in [-0.1, -0.05) is 6.07 Å². The molecule has 11 heteroatoms. The monoisotopic (exact) mass is 460 g/mol. The maximum atomic E-state index is 13.1. The number of esters is 1. The van der Waals surface area contributed by atoms with Crippen LogP contribution in [0.5, 0.6) is 0 Å². The average molecular weight is 460 g/mol. The molecule has 32 heavy (non-hydrogen) atoms. The molecule has 9 nitrogen and oxygen atoms in total. The van der Waals surface area contributed by atoms with Crippen molar-refractivity contribution in [2.45, 2.75) is 11.8 Å². The van der Waals surface area contributed by atoms with Gasteiger partial charge in [0.2, 0.25) is 10.0 Å². The van der Waals surface area contributed by atoms with Gasteiger partial charge < -0.3 is 10.1 Å². The number of nitrogens with zero attached hydrogens (tertiary/aromatic N) is 3. The number of rotatable bonds is 7. The summed E-state index contributed by atoms with van der Waals surface area (Å²) in [6, 6.07) is 9.88. The lowest BCUT2D eigenvalue weighted by molar-refractivity contribution is -0.119. The minimum absolute atomic E-state index is 0.0547. The van der Waals surface area contributed by atoms with Crippen molar-refractivity contribution < 1.29 is 27.1 Å². The Labute approximate surface area is 184 Å². The van der Waals surface area contributed by atoms with Gasteiger partial charge in [0.1, 0.15) is 5.82 Å². The van der Waals surface area contributed by atoms with Crippen molar-refractivity contribution in [3.05, 3.63) is 72.1 Å². The Balaban J connectivity index is 1.67. The Hall–Kier alpha value is -3.57. The molecule has 168 valence electrons. The molecule has 0 bridgehead atoms. The van der Waals surface area contributed by atoms with Gasteiger partial charge in [-0.05, 0) is 48.9 Å². The van der Waals surface area contributed by atoms with Crippen LogP contribution in [-0.2, 0) is 19.6 Å². The molecular formula is C21H21FN4O5S. The first-order valence-electron chi connectivity index (χ1n) is 9.38. The van der Waals surface area contributed by atoms with Crippen LogP contribution in [0.4, 0.5) is 10.1 Å². The lowest BCUT2D eigenvalue weighted by atomic mass is 10.2. The van der Waals surface area contributed by atoms with Crippen LogP contribution in [0.2, 0.25) is 0 Å². The first-order chi connectivity index (χ1) is 15.1. The Bertz CT molecular complexity index is 1250. The quantitative estimate of drug-likeness (QED) is 0.542. The zero-order valence-electron chi connectivity index (χ0n) is 17.6. The maximum absolute atomic E-state index is 13.1. The standard InChI is InChI=1S/C21H21FN4O5S/c1-14-4-7-16(10-19(14)32(29,30)25(2)3)24-20(27)12-31-21(28)18-11-23-13-26(18)17-8-5-15(22)6-9-17/h4-11,13H,12H2,1-3H3,(H,24,27). The van der Waals surface area contributed by atoms with E-state index >= 15 is 0 Å². The highest BCUT2D eigenvalue weighted by atomic mass is 32.2. The number of anilines is 1. The van der Waals surface area contributed by atoms with Crippen molar-refractivity contribution in [3.8, 4) is 5.69 Å². The Morgan fingerprint density at radius 2 is 1.84 bits per heavy atom. The van der Waals surface area contributed by atoms with Crippen molar-refractivity contribution in [1.82, 2.24) is 13.9 Å². The number of nitrogens with one attached hydrogen (secondary N) is 1. The summed E-state index contributed by atoms with van der Waals surface area (Å²) >= 11 is 0. The van der Waals surface area contributed by atoms with Gasteiger partial charge in [0.15, 0.2) is 12.3 Å². The Kier molecular flexibility index (Phi) is 6.70. The number of amides is 1. The lowest BCUT2D eigenvalue weighted by Gasteiger charge is -2.15. The summed E-state index contributed by atoms with van der Waals surface area (Å²) < 4.78 is 45.5. The predicted octanol–water partition coefficient (Wildman–Crippen LogP) is 2.37. The van der Waals surface area contributed by atoms with Gasteiger partial charge in [-0.3, -0.25) is 9.36 Å². The second kappa shape index (κ2) is 9.28. The smallest absolute Gasteiger partial charge is 0.357 e. The molecule has 1 amide bonds. The average Bonchev–Trinajstić information content (AvgIpc) is 3.23. The van der Waals surface area contributed by atoms with Crippen LogP contribution in [0.25, 0.3) is 5.69 Å². The highest BCUT2D eigenvalue weighted by Gasteiger charge is 2.21. The van der Waals surface area contributed by atoms with Crippen molar-refractivity contribution in [2.24, 2.45) is 0 Å². The summed E-state index contributed by atoms with van der Waals surface area (Å²) in [7, 11) is -0.866. The number of imidazole rings is 1. The number of carbonyl (C=O) groups is 2. The van der Waals surface area contributed by atoms with E-state index in [0.29, 0.717) is 11.3 Å². The van der Waals surface area contributed by atoms with E-state index < -0.39 is 34.3 Å². The van der Waals surface area contributed by atoms with Crippen molar-refractivity contribution in [1.29, 1.82) is 0 Å². The third kappa shape index (κ3) is 5.01. The number of ether oxygens (including phenoxy) is 1. The van der Waals surface area contributed by atoms with Crippen LogP contribution in [-0.4, -0.2) is 54.9 Å². The number of aryl methyl sites for hydroxylation is 1. The molecule has 0 aliphatic heterocycles. The van der Waals surface area contributed by atoms with Crippen LogP contribution in [0.3, 0.4) is 0 Å². The van der Waals surface area contributed by atoms with Crippen LogP contribution in [0, 0.1) is 12.7 Å². The molecule has 0 atom stereocenters. The largest absolute Gasteiger partial charge is 0.451 e. The SMILES string of the molecule is Cc1ccc(NC(=O)COC(=O)c2cncn2-c2ccc(F)cc2)cc1S(=O)(=O)N(C)C.